The molecule has 0 radical (unpaired) electrons. The molecule has 78 valence electrons. The zero-order chi connectivity index (χ0) is 10.2. The van der Waals surface area contributed by atoms with Gasteiger partial charge < -0.3 is 4.74 Å². The summed E-state index contributed by atoms with van der Waals surface area (Å²) in [5.41, 5.74) is 1.46. The monoisotopic (exact) mass is 194 g/mol. The number of hydrogen-bond acceptors (Lipinski definition) is 2. The van der Waals surface area contributed by atoms with Gasteiger partial charge in [0.1, 0.15) is 0 Å². The molecule has 0 saturated heterocycles. The molecule has 1 aliphatic carbocycles. The van der Waals surface area contributed by atoms with Crippen LogP contribution >= 0.6 is 0 Å². The molecule has 0 amide bonds. The van der Waals surface area contributed by atoms with Crippen LogP contribution in [-0.2, 0) is 9.53 Å². The largest absolute Gasteiger partial charge is 0.463 e. The fourth-order valence-corrected chi connectivity index (χ4v) is 1.63. The van der Waals surface area contributed by atoms with Crippen LogP contribution in [-0.4, -0.2) is 12.6 Å². The molecule has 1 rings (SSSR count). The molecular formula is C12H18O2. The summed E-state index contributed by atoms with van der Waals surface area (Å²) in [6.45, 7) is 2.26. The average molecular weight is 194 g/mol. The molecule has 14 heavy (non-hydrogen) atoms. The molecule has 1 fully saturated rings. The van der Waals surface area contributed by atoms with E-state index in [9.17, 15) is 4.79 Å². The molecule has 0 aliphatic heterocycles. The van der Waals surface area contributed by atoms with Crippen LogP contribution in [0.25, 0.3) is 0 Å². The summed E-state index contributed by atoms with van der Waals surface area (Å²) in [6, 6.07) is 0. The fourth-order valence-electron chi connectivity index (χ4n) is 1.63. The summed E-state index contributed by atoms with van der Waals surface area (Å²) in [4.78, 5) is 10.9. The van der Waals surface area contributed by atoms with Crippen molar-refractivity contribution in [3.8, 4) is 0 Å². The Kier molecular flexibility index (Phi) is 5.05. The second-order valence-electron chi connectivity index (χ2n) is 3.50. The van der Waals surface area contributed by atoms with Crippen LogP contribution in [0.2, 0.25) is 0 Å². The molecule has 0 aromatic heterocycles. The molecule has 0 bridgehead atoms. The fraction of sp³-hybridized carbons (Fsp3) is 0.583. The van der Waals surface area contributed by atoms with E-state index in [1.165, 1.54) is 43.8 Å². The Labute approximate surface area is 85.6 Å². The van der Waals surface area contributed by atoms with Crippen molar-refractivity contribution in [1.82, 2.24) is 0 Å². The summed E-state index contributed by atoms with van der Waals surface area (Å²) in [6.07, 6.45) is 11.7. The van der Waals surface area contributed by atoms with Crippen molar-refractivity contribution in [2.75, 3.05) is 6.61 Å². The van der Waals surface area contributed by atoms with E-state index in [-0.39, 0.29) is 5.97 Å². The Morgan fingerprint density at radius 3 is 2.71 bits per heavy atom. The molecule has 0 spiro atoms. The smallest absolute Gasteiger partial charge is 0.330 e. The molecular weight excluding hydrogens is 176 g/mol. The molecule has 0 unspecified atom stereocenters. The van der Waals surface area contributed by atoms with Gasteiger partial charge in [-0.25, -0.2) is 4.79 Å². The third-order valence-corrected chi connectivity index (χ3v) is 2.35. The maximum absolute atomic E-state index is 10.9. The van der Waals surface area contributed by atoms with E-state index in [0.29, 0.717) is 6.61 Å². The van der Waals surface area contributed by atoms with E-state index in [1.54, 1.807) is 6.08 Å². The normalized spacial score (nSPS) is 17.1. The van der Waals surface area contributed by atoms with E-state index in [1.807, 2.05) is 6.92 Å². The molecule has 2 heteroatoms. The van der Waals surface area contributed by atoms with Gasteiger partial charge in [-0.2, -0.15) is 0 Å². The van der Waals surface area contributed by atoms with E-state index >= 15 is 0 Å². The number of carbonyl (C=O) groups is 1. The van der Waals surface area contributed by atoms with Crippen molar-refractivity contribution in [1.29, 1.82) is 0 Å². The zero-order valence-corrected chi connectivity index (χ0v) is 8.79. The first-order valence-corrected chi connectivity index (χ1v) is 5.36. The topological polar surface area (TPSA) is 26.3 Å². The van der Waals surface area contributed by atoms with Crippen molar-refractivity contribution in [3.05, 3.63) is 23.8 Å². The highest BCUT2D eigenvalue weighted by Gasteiger charge is 2.03. The lowest BCUT2D eigenvalue weighted by atomic mass is 9.95. The van der Waals surface area contributed by atoms with Gasteiger partial charge in [-0.1, -0.05) is 24.1 Å². The molecule has 0 heterocycles. The van der Waals surface area contributed by atoms with Crippen LogP contribution in [0.4, 0.5) is 0 Å². The highest BCUT2D eigenvalue weighted by molar-refractivity contribution is 5.82. The van der Waals surface area contributed by atoms with E-state index in [0.717, 1.165) is 0 Å². The van der Waals surface area contributed by atoms with Crippen molar-refractivity contribution in [3.63, 3.8) is 0 Å². The van der Waals surface area contributed by atoms with Crippen LogP contribution in [0.1, 0.15) is 39.0 Å². The number of hydrogen-bond donors (Lipinski definition) is 0. The van der Waals surface area contributed by atoms with Gasteiger partial charge in [-0.3, -0.25) is 0 Å². The van der Waals surface area contributed by atoms with Gasteiger partial charge in [0, 0.05) is 6.08 Å². The lowest BCUT2D eigenvalue weighted by molar-refractivity contribution is -0.137. The molecule has 0 aromatic carbocycles. The predicted octanol–water partition coefficient (Wildman–Crippen LogP) is 3.00. The first-order valence-electron chi connectivity index (χ1n) is 5.36. The summed E-state index contributed by atoms with van der Waals surface area (Å²) in [7, 11) is 0. The number of allylic oxidation sites excluding steroid dienone is 3. The second kappa shape index (κ2) is 6.41. The minimum atomic E-state index is -0.250. The summed E-state index contributed by atoms with van der Waals surface area (Å²) in [5.74, 6) is -0.250. The third kappa shape index (κ3) is 4.26. The van der Waals surface area contributed by atoms with Crippen molar-refractivity contribution in [2.45, 2.75) is 39.0 Å². The Morgan fingerprint density at radius 1 is 1.36 bits per heavy atom. The van der Waals surface area contributed by atoms with Gasteiger partial charge in [-0.15, -0.1) is 0 Å². The molecule has 0 atom stereocenters. The Morgan fingerprint density at radius 2 is 2.07 bits per heavy atom. The van der Waals surface area contributed by atoms with Crippen LogP contribution in [0.15, 0.2) is 23.8 Å². The molecule has 1 saturated carbocycles. The molecule has 1 aliphatic rings. The summed E-state index contributed by atoms with van der Waals surface area (Å²) < 4.78 is 4.78. The summed E-state index contributed by atoms with van der Waals surface area (Å²) >= 11 is 0. The van der Waals surface area contributed by atoms with E-state index in [2.05, 4.69) is 6.08 Å². The van der Waals surface area contributed by atoms with Crippen LogP contribution in [0, 0.1) is 0 Å². The highest BCUT2D eigenvalue weighted by Crippen LogP contribution is 2.22. The maximum atomic E-state index is 10.9. The molecule has 0 N–H and O–H groups in total. The number of carbonyl (C=O) groups excluding carboxylic acids is 1. The van der Waals surface area contributed by atoms with Gasteiger partial charge in [0.2, 0.25) is 0 Å². The number of ether oxygens (including phenoxy) is 1. The second-order valence-corrected chi connectivity index (χ2v) is 3.50. The average Bonchev–Trinajstić information content (AvgIpc) is 2.20. The lowest BCUT2D eigenvalue weighted by Gasteiger charge is -2.12. The van der Waals surface area contributed by atoms with Crippen LogP contribution in [0.5, 0.6) is 0 Å². The van der Waals surface area contributed by atoms with Gasteiger partial charge in [0.05, 0.1) is 6.61 Å². The van der Waals surface area contributed by atoms with Crippen LogP contribution in [0.3, 0.4) is 0 Å². The van der Waals surface area contributed by atoms with Gasteiger partial charge in [0.15, 0.2) is 0 Å². The van der Waals surface area contributed by atoms with Gasteiger partial charge in [0.25, 0.3) is 0 Å². The lowest BCUT2D eigenvalue weighted by Crippen LogP contribution is -1.98. The number of rotatable bonds is 3. The van der Waals surface area contributed by atoms with E-state index < -0.39 is 0 Å². The first-order chi connectivity index (χ1) is 6.83. The van der Waals surface area contributed by atoms with Crippen LogP contribution < -0.4 is 0 Å². The number of esters is 1. The Bertz CT molecular complexity index is 231. The quantitative estimate of drug-likeness (QED) is 0.510. The van der Waals surface area contributed by atoms with Gasteiger partial charge in [-0.05, 0) is 32.6 Å². The van der Waals surface area contributed by atoms with Crippen molar-refractivity contribution in [2.24, 2.45) is 0 Å². The van der Waals surface area contributed by atoms with Crippen molar-refractivity contribution < 1.29 is 9.53 Å². The molecule has 2 nitrogen and oxygen atoms in total. The van der Waals surface area contributed by atoms with Gasteiger partial charge >= 0.3 is 5.97 Å². The highest BCUT2D eigenvalue weighted by atomic mass is 16.5. The van der Waals surface area contributed by atoms with E-state index in [4.69, 9.17) is 4.74 Å². The maximum Gasteiger partial charge on any atom is 0.330 e. The SMILES string of the molecule is CCOC(=O)/C=C/C=C1CCCCC1. The first kappa shape index (κ1) is 11.0. The molecule has 0 aromatic rings. The standard InChI is InChI=1S/C12H18O2/c1-2-14-12(13)10-6-9-11-7-4-3-5-8-11/h6,9-10H,2-5,7-8H2,1H3/b10-6+. The van der Waals surface area contributed by atoms with Crippen molar-refractivity contribution >= 4 is 5.97 Å². The Balaban J connectivity index is 2.32. The predicted molar refractivity (Wildman–Crippen MR) is 56.9 cm³/mol. The zero-order valence-electron chi connectivity index (χ0n) is 8.79. The minimum absolute atomic E-state index is 0.250. The third-order valence-electron chi connectivity index (χ3n) is 2.35. The minimum Gasteiger partial charge on any atom is -0.463 e. The Hall–Kier alpha value is -1.05. The summed E-state index contributed by atoms with van der Waals surface area (Å²) in [5, 5.41) is 0.